The molecule has 1 rings (SSSR count). The van der Waals surface area contributed by atoms with Gasteiger partial charge in [0, 0.05) is 6.04 Å². The summed E-state index contributed by atoms with van der Waals surface area (Å²) in [6, 6.07) is -0.319. The molecule has 142 valence electrons. The van der Waals surface area contributed by atoms with Crippen molar-refractivity contribution in [2.45, 2.75) is 77.9 Å². The van der Waals surface area contributed by atoms with Crippen LogP contribution in [0.5, 0.6) is 0 Å². The Bertz CT molecular complexity index is 495. The highest BCUT2D eigenvalue weighted by Gasteiger charge is 2.48. The number of esters is 1. The largest absolute Gasteiger partial charge is 0.461 e. The summed E-state index contributed by atoms with van der Waals surface area (Å²) in [7, 11) is 0. The molecule has 6 nitrogen and oxygen atoms in total. The maximum absolute atomic E-state index is 12.6. The average Bonchev–Trinajstić information content (AvgIpc) is 2.84. The van der Waals surface area contributed by atoms with Gasteiger partial charge in [0.25, 0.3) is 0 Å². The first kappa shape index (κ1) is 21.2. The first-order valence-electron chi connectivity index (χ1n) is 9.04. The van der Waals surface area contributed by atoms with Gasteiger partial charge in [0.2, 0.25) is 5.91 Å². The fourth-order valence-electron chi connectivity index (χ4n) is 2.87. The standard InChI is InChI=1S/C19H31NO5/c1-6-8-9-10-11-14-13-15(17(22)24-12-7-2)16(21)20(14)18(23)25-19(3,4)5/h7,14-15H,2,6,8-13H2,1,3-5H3/t14-,15?/m0/s1. The molecule has 25 heavy (non-hydrogen) atoms. The van der Waals surface area contributed by atoms with E-state index in [0.717, 1.165) is 30.6 Å². The van der Waals surface area contributed by atoms with Gasteiger partial charge in [0.05, 0.1) is 0 Å². The zero-order chi connectivity index (χ0) is 19.0. The Morgan fingerprint density at radius 1 is 1.28 bits per heavy atom. The van der Waals surface area contributed by atoms with Gasteiger partial charge in [-0.2, -0.15) is 0 Å². The normalized spacial score (nSPS) is 20.5. The van der Waals surface area contributed by atoms with E-state index in [1.165, 1.54) is 6.08 Å². The third-order valence-corrected chi connectivity index (χ3v) is 4.02. The number of hydrogen-bond donors (Lipinski definition) is 0. The van der Waals surface area contributed by atoms with Crippen LogP contribution in [0.2, 0.25) is 0 Å². The van der Waals surface area contributed by atoms with Crippen molar-refractivity contribution in [1.82, 2.24) is 4.90 Å². The van der Waals surface area contributed by atoms with E-state index in [9.17, 15) is 14.4 Å². The third-order valence-electron chi connectivity index (χ3n) is 4.02. The number of likely N-dealkylation sites (tertiary alicyclic amines) is 1. The SMILES string of the molecule is C=CCOC(=O)C1C[C@H](CCCCCC)N(C(=O)OC(C)(C)C)C1=O. The minimum atomic E-state index is -0.941. The second-order valence-electron chi connectivity index (χ2n) is 7.40. The van der Waals surface area contributed by atoms with Gasteiger partial charge in [-0.3, -0.25) is 9.59 Å². The Hall–Kier alpha value is -1.85. The predicted octanol–water partition coefficient (Wildman–Crippen LogP) is 3.84. The van der Waals surface area contributed by atoms with Gasteiger partial charge in [-0.25, -0.2) is 9.69 Å². The number of ether oxygens (including phenoxy) is 2. The Labute approximate surface area is 150 Å². The van der Waals surface area contributed by atoms with Crippen molar-refractivity contribution in [3.8, 4) is 0 Å². The van der Waals surface area contributed by atoms with Crippen molar-refractivity contribution in [2.24, 2.45) is 5.92 Å². The summed E-state index contributed by atoms with van der Waals surface area (Å²) in [5.41, 5.74) is -0.703. The molecule has 0 saturated carbocycles. The molecule has 1 aliphatic rings. The Balaban J connectivity index is 2.85. The van der Waals surface area contributed by atoms with Crippen LogP contribution in [0.4, 0.5) is 4.79 Å². The van der Waals surface area contributed by atoms with E-state index < -0.39 is 29.5 Å². The summed E-state index contributed by atoms with van der Waals surface area (Å²) in [5.74, 6) is -2.07. The molecule has 0 aromatic rings. The van der Waals surface area contributed by atoms with Crippen LogP contribution in [0.3, 0.4) is 0 Å². The van der Waals surface area contributed by atoms with Gasteiger partial charge in [-0.15, -0.1) is 0 Å². The van der Waals surface area contributed by atoms with Crippen LogP contribution in [0.1, 0.15) is 66.2 Å². The second kappa shape index (κ2) is 9.59. The maximum Gasteiger partial charge on any atom is 0.417 e. The van der Waals surface area contributed by atoms with Crippen molar-refractivity contribution in [1.29, 1.82) is 0 Å². The maximum atomic E-state index is 12.6. The molecular weight excluding hydrogens is 322 g/mol. The van der Waals surface area contributed by atoms with Gasteiger partial charge in [0.15, 0.2) is 0 Å². The van der Waals surface area contributed by atoms with Crippen LogP contribution in [0.15, 0.2) is 12.7 Å². The van der Waals surface area contributed by atoms with E-state index in [2.05, 4.69) is 13.5 Å². The molecule has 1 fully saturated rings. The van der Waals surface area contributed by atoms with E-state index >= 15 is 0 Å². The lowest BCUT2D eigenvalue weighted by Gasteiger charge is -2.27. The highest BCUT2D eigenvalue weighted by molar-refractivity contribution is 6.05. The number of rotatable bonds is 8. The molecule has 1 heterocycles. The Morgan fingerprint density at radius 3 is 2.52 bits per heavy atom. The topological polar surface area (TPSA) is 72.9 Å². The van der Waals surface area contributed by atoms with Crippen LogP contribution >= 0.6 is 0 Å². The molecule has 1 unspecified atom stereocenters. The van der Waals surface area contributed by atoms with Crippen LogP contribution < -0.4 is 0 Å². The molecule has 2 atom stereocenters. The summed E-state index contributed by atoms with van der Waals surface area (Å²) in [6.07, 6.45) is 5.89. The highest BCUT2D eigenvalue weighted by Crippen LogP contribution is 2.31. The Kier molecular flexibility index (Phi) is 8.13. The number of carbonyl (C=O) groups is 3. The minimum absolute atomic E-state index is 0.0518. The lowest BCUT2D eigenvalue weighted by atomic mass is 10.0. The fraction of sp³-hybridized carbons (Fsp3) is 0.737. The van der Waals surface area contributed by atoms with Crippen molar-refractivity contribution in [2.75, 3.05) is 6.61 Å². The van der Waals surface area contributed by atoms with E-state index in [1.54, 1.807) is 20.8 Å². The zero-order valence-electron chi connectivity index (χ0n) is 15.9. The quantitative estimate of drug-likeness (QED) is 0.287. The molecule has 0 bridgehead atoms. The number of hydrogen-bond acceptors (Lipinski definition) is 5. The molecule has 0 spiro atoms. The van der Waals surface area contributed by atoms with E-state index in [1.807, 2.05) is 0 Å². The second-order valence-corrected chi connectivity index (χ2v) is 7.40. The molecule has 0 N–H and O–H groups in total. The summed E-state index contributed by atoms with van der Waals surface area (Å²) in [5, 5.41) is 0. The monoisotopic (exact) mass is 353 g/mol. The number of imide groups is 1. The van der Waals surface area contributed by atoms with Gasteiger partial charge in [-0.05, 0) is 33.6 Å². The summed E-state index contributed by atoms with van der Waals surface area (Å²) in [6.45, 7) is 10.9. The highest BCUT2D eigenvalue weighted by atomic mass is 16.6. The van der Waals surface area contributed by atoms with E-state index in [4.69, 9.17) is 9.47 Å². The van der Waals surface area contributed by atoms with Crippen LogP contribution in [0, 0.1) is 5.92 Å². The smallest absolute Gasteiger partial charge is 0.417 e. The molecule has 6 heteroatoms. The summed E-state index contributed by atoms with van der Waals surface area (Å²) in [4.78, 5) is 38.3. The van der Waals surface area contributed by atoms with Crippen molar-refractivity contribution >= 4 is 18.0 Å². The molecule has 2 amide bonds. The minimum Gasteiger partial charge on any atom is -0.461 e. The third kappa shape index (κ3) is 6.52. The van der Waals surface area contributed by atoms with Crippen molar-refractivity contribution in [3.05, 3.63) is 12.7 Å². The van der Waals surface area contributed by atoms with Crippen molar-refractivity contribution < 1.29 is 23.9 Å². The number of amides is 2. The van der Waals surface area contributed by atoms with Crippen LogP contribution in [0.25, 0.3) is 0 Å². The molecule has 1 saturated heterocycles. The van der Waals surface area contributed by atoms with E-state index in [-0.39, 0.29) is 12.6 Å². The summed E-state index contributed by atoms with van der Waals surface area (Å²) < 4.78 is 10.4. The van der Waals surface area contributed by atoms with E-state index in [0.29, 0.717) is 12.8 Å². The molecule has 0 radical (unpaired) electrons. The zero-order valence-corrected chi connectivity index (χ0v) is 15.9. The number of nitrogens with zero attached hydrogens (tertiary/aromatic N) is 1. The van der Waals surface area contributed by atoms with Gasteiger partial charge < -0.3 is 9.47 Å². The lowest BCUT2D eigenvalue weighted by molar-refractivity contribution is -0.151. The molecule has 0 aliphatic carbocycles. The molecule has 0 aromatic carbocycles. The number of carbonyl (C=O) groups excluding carboxylic acids is 3. The Morgan fingerprint density at radius 2 is 1.96 bits per heavy atom. The first-order chi connectivity index (χ1) is 11.7. The predicted molar refractivity (Wildman–Crippen MR) is 94.9 cm³/mol. The van der Waals surface area contributed by atoms with Crippen LogP contribution in [-0.2, 0) is 19.1 Å². The molecule has 0 aromatic heterocycles. The van der Waals surface area contributed by atoms with Gasteiger partial charge in [-0.1, -0.05) is 45.3 Å². The van der Waals surface area contributed by atoms with Crippen molar-refractivity contribution in [3.63, 3.8) is 0 Å². The van der Waals surface area contributed by atoms with Crippen LogP contribution in [-0.4, -0.2) is 41.1 Å². The summed E-state index contributed by atoms with van der Waals surface area (Å²) >= 11 is 0. The number of unbranched alkanes of at least 4 members (excludes halogenated alkanes) is 3. The molecular formula is C19H31NO5. The van der Waals surface area contributed by atoms with Gasteiger partial charge >= 0.3 is 12.1 Å². The molecule has 1 aliphatic heterocycles. The fourth-order valence-corrected chi connectivity index (χ4v) is 2.87. The lowest BCUT2D eigenvalue weighted by Crippen LogP contribution is -2.43. The first-order valence-corrected chi connectivity index (χ1v) is 9.04. The van der Waals surface area contributed by atoms with Gasteiger partial charge in [0.1, 0.15) is 18.1 Å². The average molecular weight is 353 g/mol.